The van der Waals surface area contributed by atoms with Crippen molar-refractivity contribution >= 4 is 11.6 Å². The summed E-state index contributed by atoms with van der Waals surface area (Å²) in [6.45, 7) is 0.722. The second-order valence-electron chi connectivity index (χ2n) is 3.87. The fourth-order valence-electron chi connectivity index (χ4n) is 1.70. The van der Waals surface area contributed by atoms with E-state index in [1.807, 2.05) is 42.7 Å². The molecule has 2 aromatic rings. The molecule has 0 saturated carbocycles. The highest BCUT2D eigenvalue weighted by atomic mass is 16.1. The van der Waals surface area contributed by atoms with E-state index in [-0.39, 0.29) is 12.3 Å². The summed E-state index contributed by atoms with van der Waals surface area (Å²) in [5.74, 6) is -0.319. The molecule has 1 amide bonds. The minimum atomic E-state index is -0.319. The van der Waals surface area contributed by atoms with E-state index in [0.717, 1.165) is 17.8 Å². The van der Waals surface area contributed by atoms with Crippen molar-refractivity contribution in [3.05, 3.63) is 53.9 Å². The summed E-state index contributed by atoms with van der Waals surface area (Å²) in [7, 11) is 0. The van der Waals surface area contributed by atoms with E-state index < -0.39 is 0 Å². The molecular formula is C13H15N3O. The highest BCUT2D eigenvalue weighted by Gasteiger charge is 2.04. The summed E-state index contributed by atoms with van der Waals surface area (Å²) >= 11 is 0. The molecular weight excluding hydrogens is 214 g/mol. The lowest BCUT2D eigenvalue weighted by molar-refractivity contribution is -0.117. The van der Waals surface area contributed by atoms with Crippen LogP contribution in [-0.4, -0.2) is 10.9 Å². The first-order valence-corrected chi connectivity index (χ1v) is 5.47. The zero-order valence-corrected chi connectivity index (χ0v) is 9.44. The van der Waals surface area contributed by atoms with Gasteiger partial charge in [0.2, 0.25) is 5.91 Å². The van der Waals surface area contributed by atoms with Crippen molar-refractivity contribution < 1.29 is 4.79 Å². The Morgan fingerprint density at radius 2 is 2.12 bits per heavy atom. The Hall–Kier alpha value is -2.23. The van der Waals surface area contributed by atoms with Gasteiger partial charge < -0.3 is 16.0 Å². The summed E-state index contributed by atoms with van der Waals surface area (Å²) in [4.78, 5) is 13.9. The van der Waals surface area contributed by atoms with Gasteiger partial charge in [-0.2, -0.15) is 0 Å². The van der Waals surface area contributed by atoms with Crippen molar-refractivity contribution in [2.24, 2.45) is 5.73 Å². The molecule has 4 N–H and O–H groups in total. The van der Waals surface area contributed by atoms with E-state index in [1.54, 1.807) is 0 Å². The molecule has 0 aliphatic carbocycles. The maximum absolute atomic E-state index is 10.9. The first-order chi connectivity index (χ1) is 8.25. The molecule has 0 aliphatic heterocycles. The number of primary amides is 1. The van der Waals surface area contributed by atoms with Crippen LogP contribution in [0.4, 0.5) is 5.69 Å². The Kier molecular flexibility index (Phi) is 3.45. The molecule has 0 saturated heterocycles. The second kappa shape index (κ2) is 5.21. The van der Waals surface area contributed by atoms with Gasteiger partial charge in [-0.25, -0.2) is 0 Å². The Morgan fingerprint density at radius 3 is 2.82 bits per heavy atom. The molecule has 4 nitrogen and oxygen atoms in total. The first-order valence-electron chi connectivity index (χ1n) is 5.47. The van der Waals surface area contributed by atoms with E-state index in [2.05, 4.69) is 10.3 Å². The number of nitrogens with two attached hydrogens (primary N) is 1. The number of H-pyrrole nitrogens is 1. The third-order valence-electron chi connectivity index (χ3n) is 2.53. The Labute approximate surface area is 99.8 Å². The largest absolute Gasteiger partial charge is 0.381 e. The summed E-state index contributed by atoms with van der Waals surface area (Å²) in [6.07, 6.45) is 4.08. The number of carbonyl (C=O) groups excluding carboxylic acids is 1. The number of para-hydroxylation sites is 1. The van der Waals surface area contributed by atoms with Crippen LogP contribution in [0.2, 0.25) is 0 Å². The molecule has 88 valence electrons. The Morgan fingerprint density at radius 1 is 1.29 bits per heavy atom. The molecule has 0 fully saturated rings. The number of hydrogen-bond donors (Lipinski definition) is 3. The van der Waals surface area contributed by atoms with Gasteiger partial charge in [0.05, 0.1) is 6.42 Å². The number of aromatic nitrogens is 1. The van der Waals surface area contributed by atoms with Crippen molar-refractivity contribution in [3.8, 4) is 0 Å². The smallest absolute Gasteiger partial charge is 0.221 e. The topological polar surface area (TPSA) is 70.9 Å². The molecule has 0 unspecified atom stereocenters. The van der Waals surface area contributed by atoms with Gasteiger partial charge in [-0.05, 0) is 23.3 Å². The number of hydrogen-bond acceptors (Lipinski definition) is 2. The summed E-state index contributed by atoms with van der Waals surface area (Å²) in [5.41, 5.74) is 8.26. The third-order valence-corrected chi connectivity index (χ3v) is 2.53. The Bertz CT molecular complexity index is 491. The molecule has 17 heavy (non-hydrogen) atoms. The van der Waals surface area contributed by atoms with Crippen molar-refractivity contribution in [1.29, 1.82) is 0 Å². The first kappa shape index (κ1) is 11.3. The van der Waals surface area contributed by atoms with Crippen LogP contribution in [-0.2, 0) is 17.8 Å². The van der Waals surface area contributed by atoms with Crippen LogP contribution in [0.15, 0.2) is 42.7 Å². The SMILES string of the molecule is NC(=O)Cc1ccccc1NCc1cc[nH]c1. The molecule has 0 atom stereocenters. The zero-order valence-electron chi connectivity index (χ0n) is 9.44. The molecule has 0 aliphatic rings. The molecule has 0 bridgehead atoms. The minimum Gasteiger partial charge on any atom is -0.381 e. The number of rotatable bonds is 5. The quantitative estimate of drug-likeness (QED) is 0.729. The molecule has 1 heterocycles. The monoisotopic (exact) mass is 229 g/mol. The lowest BCUT2D eigenvalue weighted by Gasteiger charge is -2.10. The summed E-state index contributed by atoms with van der Waals surface area (Å²) < 4.78 is 0. The average Bonchev–Trinajstić information content (AvgIpc) is 2.80. The third kappa shape index (κ3) is 3.11. The van der Waals surface area contributed by atoms with Gasteiger partial charge >= 0.3 is 0 Å². The van der Waals surface area contributed by atoms with Crippen LogP contribution in [0.25, 0.3) is 0 Å². The molecule has 1 aromatic heterocycles. The highest BCUT2D eigenvalue weighted by molar-refractivity contribution is 5.78. The number of carbonyl (C=O) groups is 1. The van der Waals surface area contributed by atoms with E-state index in [9.17, 15) is 4.79 Å². The number of benzene rings is 1. The van der Waals surface area contributed by atoms with Gasteiger partial charge in [-0.15, -0.1) is 0 Å². The van der Waals surface area contributed by atoms with Crippen LogP contribution < -0.4 is 11.1 Å². The number of anilines is 1. The highest BCUT2D eigenvalue weighted by Crippen LogP contribution is 2.16. The normalized spacial score (nSPS) is 10.1. The standard InChI is InChI=1S/C13H15N3O/c14-13(17)7-11-3-1-2-4-12(11)16-9-10-5-6-15-8-10/h1-6,8,15-16H,7,9H2,(H2,14,17). The van der Waals surface area contributed by atoms with Gasteiger partial charge in [0, 0.05) is 24.6 Å². The van der Waals surface area contributed by atoms with Crippen molar-refractivity contribution in [2.75, 3.05) is 5.32 Å². The maximum atomic E-state index is 10.9. The zero-order chi connectivity index (χ0) is 12.1. The van der Waals surface area contributed by atoms with E-state index in [4.69, 9.17) is 5.73 Å². The molecule has 1 aromatic carbocycles. The van der Waals surface area contributed by atoms with Gasteiger partial charge in [-0.3, -0.25) is 4.79 Å². The number of amides is 1. The fourth-order valence-corrected chi connectivity index (χ4v) is 1.70. The van der Waals surface area contributed by atoms with Crippen LogP contribution >= 0.6 is 0 Å². The fraction of sp³-hybridized carbons (Fsp3) is 0.154. The van der Waals surface area contributed by atoms with Crippen LogP contribution in [0, 0.1) is 0 Å². The van der Waals surface area contributed by atoms with Crippen molar-refractivity contribution in [2.45, 2.75) is 13.0 Å². The number of aromatic amines is 1. The predicted molar refractivity (Wildman–Crippen MR) is 67.5 cm³/mol. The average molecular weight is 229 g/mol. The van der Waals surface area contributed by atoms with E-state index in [0.29, 0.717) is 0 Å². The van der Waals surface area contributed by atoms with Crippen LogP contribution in [0.5, 0.6) is 0 Å². The van der Waals surface area contributed by atoms with E-state index in [1.165, 1.54) is 5.56 Å². The molecule has 0 spiro atoms. The lowest BCUT2D eigenvalue weighted by atomic mass is 10.1. The van der Waals surface area contributed by atoms with Crippen molar-refractivity contribution in [3.63, 3.8) is 0 Å². The minimum absolute atomic E-state index is 0.260. The van der Waals surface area contributed by atoms with Crippen LogP contribution in [0.1, 0.15) is 11.1 Å². The molecule has 0 radical (unpaired) electrons. The summed E-state index contributed by atoms with van der Waals surface area (Å²) in [6, 6.07) is 9.70. The van der Waals surface area contributed by atoms with Gasteiger partial charge in [0.1, 0.15) is 0 Å². The summed E-state index contributed by atoms with van der Waals surface area (Å²) in [5, 5.41) is 3.29. The van der Waals surface area contributed by atoms with Gasteiger partial charge in [0.15, 0.2) is 0 Å². The van der Waals surface area contributed by atoms with E-state index >= 15 is 0 Å². The maximum Gasteiger partial charge on any atom is 0.221 e. The predicted octanol–water partition coefficient (Wildman–Crippen LogP) is 1.65. The van der Waals surface area contributed by atoms with Crippen LogP contribution in [0.3, 0.4) is 0 Å². The second-order valence-corrected chi connectivity index (χ2v) is 3.87. The molecule has 2 rings (SSSR count). The lowest BCUT2D eigenvalue weighted by Crippen LogP contribution is -2.15. The molecule has 4 heteroatoms. The number of nitrogens with one attached hydrogen (secondary N) is 2. The van der Waals surface area contributed by atoms with Gasteiger partial charge in [0.25, 0.3) is 0 Å². The van der Waals surface area contributed by atoms with Crippen molar-refractivity contribution in [1.82, 2.24) is 4.98 Å². The van der Waals surface area contributed by atoms with Gasteiger partial charge in [-0.1, -0.05) is 18.2 Å². The Balaban J connectivity index is 2.06.